The van der Waals surface area contributed by atoms with Gasteiger partial charge in [0.15, 0.2) is 0 Å². The van der Waals surface area contributed by atoms with Crippen LogP contribution in [0, 0.1) is 0 Å². The van der Waals surface area contributed by atoms with Crippen LogP contribution in [-0.4, -0.2) is 11.5 Å². The van der Waals surface area contributed by atoms with E-state index >= 15 is 0 Å². The number of thiophene rings is 1. The van der Waals surface area contributed by atoms with Crippen molar-refractivity contribution in [1.29, 1.82) is 0 Å². The van der Waals surface area contributed by atoms with E-state index in [1.54, 1.807) is 17.6 Å². The molecule has 0 atom stereocenters. The molecule has 0 aliphatic heterocycles. The third-order valence-corrected chi connectivity index (χ3v) is 3.58. The first-order chi connectivity index (χ1) is 7.29. The number of aryl methyl sites for hydroxylation is 1. The minimum absolute atomic E-state index is 0.687. The fourth-order valence-corrected chi connectivity index (χ4v) is 2.57. The van der Waals surface area contributed by atoms with Crippen LogP contribution in [0.25, 0.3) is 10.8 Å². The maximum atomic E-state index is 5.44. The van der Waals surface area contributed by atoms with Crippen LogP contribution in [0.5, 0.6) is 0 Å². The minimum atomic E-state index is 0.687. The van der Waals surface area contributed by atoms with Gasteiger partial charge in [-0.3, -0.25) is 0 Å². The lowest BCUT2D eigenvalue weighted by Gasteiger charge is -1.90. The van der Waals surface area contributed by atoms with Crippen molar-refractivity contribution >= 4 is 27.3 Å². The van der Waals surface area contributed by atoms with Gasteiger partial charge in [0, 0.05) is 0 Å². The molecule has 2 aromatic rings. The molecule has 0 fully saturated rings. The van der Waals surface area contributed by atoms with Crippen LogP contribution in [0.1, 0.15) is 12.1 Å². The van der Waals surface area contributed by atoms with Gasteiger partial charge in [0.05, 0.1) is 14.4 Å². The molecule has 2 N–H and O–H groups in total. The molecule has 0 radical (unpaired) electrons. The summed E-state index contributed by atoms with van der Waals surface area (Å²) >= 11 is 5.02. The molecule has 0 bridgehead atoms. The van der Waals surface area contributed by atoms with Gasteiger partial charge in [-0.2, -0.15) is 0 Å². The SMILES string of the molecule is NCCCc1coc(-c2ccc(Br)s2)n1. The van der Waals surface area contributed by atoms with E-state index in [1.165, 1.54) is 0 Å². The largest absolute Gasteiger partial charge is 0.444 e. The Morgan fingerprint density at radius 2 is 2.33 bits per heavy atom. The van der Waals surface area contributed by atoms with Gasteiger partial charge in [0.25, 0.3) is 0 Å². The van der Waals surface area contributed by atoms with Gasteiger partial charge in [-0.05, 0) is 47.4 Å². The van der Waals surface area contributed by atoms with E-state index in [0.717, 1.165) is 27.2 Å². The van der Waals surface area contributed by atoms with Crippen molar-refractivity contribution in [2.24, 2.45) is 5.73 Å². The van der Waals surface area contributed by atoms with Gasteiger partial charge < -0.3 is 10.2 Å². The Hall–Kier alpha value is -0.650. The van der Waals surface area contributed by atoms with Gasteiger partial charge in [-0.25, -0.2) is 4.98 Å². The first-order valence-corrected chi connectivity index (χ1v) is 6.30. The van der Waals surface area contributed by atoms with Crippen molar-refractivity contribution in [2.45, 2.75) is 12.8 Å². The van der Waals surface area contributed by atoms with Crippen molar-refractivity contribution in [2.75, 3.05) is 6.54 Å². The highest BCUT2D eigenvalue weighted by atomic mass is 79.9. The van der Waals surface area contributed by atoms with Gasteiger partial charge >= 0.3 is 0 Å². The molecule has 0 spiro atoms. The normalized spacial score (nSPS) is 10.8. The Labute approximate surface area is 100 Å². The summed E-state index contributed by atoms with van der Waals surface area (Å²) in [5.41, 5.74) is 6.41. The van der Waals surface area contributed by atoms with Gasteiger partial charge in [0.2, 0.25) is 5.89 Å². The fourth-order valence-electron chi connectivity index (χ4n) is 1.25. The highest BCUT2D eigenvalue weighted by Gasteiger charge is 2.08. The smallest absolute Gasteiger partial charge is 0.236 e. The average Bonchev–Trinajstić information content (AvgIpc) is 2.83. The molecule has 0 aromatic carbocycles. The zero-order valence-electron chi connectivity index (χ0n) is 8.07. The first kappa shape index (κ1) is 10.9. The van der Waals surface area contributed by atoms with Crippen molar-refractivity contribution in [3.63, 3.8) is 0 Å². The minimum Gasteiger partial charge on any atom is -0.444 e. The molecule has 80 valence electrons. The molecule has 0 amide bonds. The maximum Gasteiger partial charge on any atom is 0.236 e. The fraction of sp³-hybridized carbons (Fsp3) is 0.300. The van der Waals surface area contributed by atoms with Crippen LogP contribution in [0.3, 0.4) is 0 Å². The molecule has 0 aliphatic rings. The molecular formula is C10H11BrN2OS. The Bertz CT molecular complexity index is 438. The highest BCUT2D eigenvalue weighted by Crippen LogP contribution is 2.30. The zero-order chi connectivity index (χ0) is 10.7. The van der Waals surface area contributed by atoms with Crippen molar-refractivity contribution in [1.82, 2.24) is 4.98 Å². The Kier molecular flexibility index (Phi) is 3.56. The number of hydrogen-bond acceptors (Lipinski definition) is 4. The first-order valence-electron chi connectivity index (χ1n) is 4.70. The molecule has 2 heterocycles. The predicted molar refractivity (Wildman–Crippen MR) is 64.9 cm³/mol. The molecule has 3 nitrogen and oxygen atoms in total. The second-order valence-corrected chi connectivity index (χ2v) is 5.60. The summed E-state index contributed by atoms with van der Waals surface area (Å²) in [6.45, 7) is 0.687. The van der Waals surface area contributed by atoms with E-state index in [0.29, 0.717) is 12.4 Å². The van der Waals surface area contributed by atoms with E-state index < -0.39 is 0 Å². The van der Waals surface area contributed by atoms with Crippen molar-refractivity contribution < 1.29 is 4.42 Å². The number of rotatable bonds is 4. The zero-order valence-corrected chi connectivity index (χ0v) is 10.5. The monoisotopic (exact) mass is 286 g/mol. The lowest BCUT2D eigenvalue weighted by atomic mass is 10.2. The van der Waals surface area contributed by atoms with Crippen LogP contribution in [0.15, 0.2) is 26.6 Å². The molecule has 2 rings (SSSR count). The number of oxazole rings is 1. The quantitative estimate of drug-likeness (QED) is 0.940. The Balaban J connectivity index is 2.13. The summed E-state index contributed by atoms with van der Waals surface area (Å²) < 4.78 is 6.48. The summed E-state index contributed by atoms with van der Waals surface area (Å²) in [6, 6.07) is 3.98. The summed E-state index contributed by atoms with van der Waals surface area (Å²) in [4.78, 5) is 5.44. The second-order valence-electron chi connectivity index (χ2n) is 3.14. The topological polar surface area (TPSA) is 52.0 Å². The number of hydrogen-bond donors (Lipinski definition) is 1. The molecule has 0 saturated carbocycles. The number of halogens is 1. The molecule has 2 aromatic heterocycles. The molecule has 5 heteroatoms. The lowest BCUT2D eigenvalue weighted by molar-refractivity contribution is 0.573. The van der Waals surface area contributed by atoms with Crippen molar-refractivity contribution in [3.05, 3.63) is 27.9 Å². The molecule has 15 heavy (non-hydrogen) atoms. The summed E-state index contributed by atoms with van der Waals surface area (Å²) in [7, 11) is 0. The van der Waals surface area contributed by atoms with E-state index in [2.05, 4.69) is 20.9 Å². The Morgan fingerprint density at radius 1 is 1.47 bits per heavy atom. The number of nitrogens with two attached hydrogens (primary N) is 1. The van der Waals surface area contributed by atoms with Crippen LogP contribution in [0.2, 0.25) is 0 Å². The van der Waals surface area contributed by atoms with E-state index in [1.807, 2.05) is 12.1 Å². The standard InChI is InChI=1S/C10H11BrN2OS/c11-9-4-3-8(15-9)10-13-7(6-14-10)2-1-5-12/h3-4,6H,1-2,5,12H2. The second kappa shape index (κ2) is 4.92. The van der Waals surface area contributed by atoms with Gasteiger partial charge in [0.1, 0.15) is 6.26 Å². The van der Waals surface area contributed by atoms with Crippen LogP contribution in [0.4, 0.5) is 0 Å². The number of nitrogens with zero attached hydrogens (tertiary/aromatic N) is 1. The van der Waals surface area contributed by atoms with E-state index in [9.17, 15) is 0 Å². The van der Waals surface area contributed by atoms with Gasteiger partial charge in [-0.15, -0.1) is 11.3 Å². The third-order valence-electron chi connectivity index (χ3n) is 1.97. The molecule has 0 saturated heterocycles. The summed E-state index contributed by atoms with van der Waals surface area (Å²) in [5.74, 6) is 0.692. The third kappa shape index (κ3) is 2.68. The molecular weight excluding hydrogens is 276 g/mol. The lowest BCUT2D eigenvalue weighted by Crippen LogP contribution is -2.00. The van der Waals surface area contributed by atoms with Crippen LogP contribution in [-0.2, 0) is 6.42 Å². The van der Waals surface area contributed by atoms with Crippen LogP contribution >= 0.6 is 27.3 Å². The van der Waals surface area contributed by atoms with Gasteiger partial charge in [-0.1, -0.05) is 0 Å². The Morgan fingerprint density at radius 3 is 3.00 bits per heavy atom. The predicted octanol–water partition coefficient (Wildman–Crippen LogP) is 3.06. The van der Waals surface area contributed by atoms with Crippen molar-refractivity contribution in [3.8, 4) is 10.8 Å². The van der Waals surface area contributed by atoms with E-state index in [4.69, 9.17) is 10.2 Å². The average molecular weight is 287 g/mol. The summed E-state index contributed by atoms with van der Waals surface area (Å²) in [5, 5.41) is 0. The molecule has 0 unspecified atom stereocenters. The van der Waals surface area contributed by atoms with E-state index in [-0.39, 0.29) is 0 Å². The highest BCUT2D eigenvalue weighted by molar-refractivity contribution is 9.11. The molecule has 0 aliphatic carbocycles. The summed E-state index contributed by atoms with van der Waals surface area (Å²) in [6.07, 6.45) is 3.53. The maximum absolute atomic E-state index is 5.44. The number of aromatic nitrogens is 1. The van der Waals surface area contributed by atoms with Crippen LogP contribution < -0.4 is 5.73 Å².